The molecule has 2 aromatic carbocycles. The fourth-order valence-electron chi connectivity index (χ4n) is 3.44. The van der Waals surface area contributed by atoms with E-state index >= 15 is 0 Å². The Kier molecular flexibility index (Phi) is 6.50. The number of carbonyl (C=O) groups excluding carboxylic acids is 1. The molecule has 0 bridgehead atoms. The predicted octanol–water partition coefficient (Wildman–Crippen LogP) is 3.41. The highest BCUT2D eigenvalue weighted by molar-refractivity contribution is 7.87. The van der Waals surface area contributed by atoms with E-state index in [0.717, 1.165) is 21.9 Å². The summed E-state index contributed by atoms with van der Waals surface area (Å²) in [5, 5.41) is 4.07. The zero-order valence-electron chi connectivity index (χ0n) is 18.5. The van der Waals surface area contributed by atoms with Crippen molar-refractivity contribution in [2.75, 3.05) is 6.61 Å². The first-order valence-corrected chi connectivity index (χ1v) is 11.3. The first-order chi connectivity index (χ1) is 15.0. The summed E-state index contributed by atoms with van der Waals surface area (Å²) in [6.45, 7) is 8.68. The molecule has 0 aliphatic carbocycles. The Morgan fingerprint density at radius 1 is 0.969 bits per heavy atom. The largest absolute Gasteiger partial charge is 0.461 e. The van der Waals surface area contributed by atoms with Gasteiger partial charge in [0.05, 0.1) is 18.4 Å². The van der Waals surface area contributed by atoms with Gasteiger partial charge in [-0.05, 0) is 57.9 Å². The third kappa shape index (κ3) is 4.72. The topological polar surface area (TPSA) is 105 Å². The van der Waals surface area contributed by atoms with Gasteiger partial charge in [0, 0.05) is 0 Å². The Hall–Kier alpha value is -3.46. The van der Waals surface area contributed by atoms with Crippen LogP contribution in [0.1, 0.15) is 39.7 Å². The SMILES string of the molecule is CCOC(=O)c1nn(-c2ccc(C)cc2)c(=O)cc1OS(=O)(=O)c1c(C)cc(C)cc1C. The highest BCUT2D eigenvalue weighted by Crippen LogP contribution is 2.27. The van der Waals surface area contributed by atoms with Gasteiger partial charge in [0.15, 0.2) is 5.75 Å². The molecular formula is C23H24N2O6S. The van der Waals surface area contributed by atoms with Gasteiger partial charge in [0.1, 0.15) is 4.90 Å². The van der Waals surface area contributed by atoms with E-state index in [9.17, 15) is 18.0 Å². The van der Waals surface area contributed by atoms with Gasteiger partial charge in [0.2, 0.25) is 5.69 Å². The molecule has 1 aromatic heterocycles. The lowest BCUT2D eigenvalue weighted by atomic mass is 10.1. The molecule has 0 radical (unpaired) electrons. The first kappa shape index (κ1) is 23.2. The number of nitrogens with zero attached hydrogens (tertiary/aromatic N) is 2. The molecule has 0 aliphatic rings. The van der Waals surface area contributed by atoms with Crippen LogP contribution in [-0.2, 0) is 14.9 Å². The van der Waals surface area contributed by atoms with Gasteiger partial charge in [-0.3, -0.25) is 4.79 Å². The maximum Gasteiger partial charge on any atom is 0.362 e. The van der Waals surface area contributed by atoms with E-state index in [-0.39, 0.29) is 11.5 Å². The average molecular weight is 457 g/mol. The van der Waals surface area contributed by atoms with Gasteiger partial charge >= 0.3 is 16.1 Å². The normalized spacial score (nSPS) is 11.3. The summed E-state index contributed by atoms with van der Waals surface area (Å²) in [5.41, 5.74) is 2.17. The molecule has 168 valence electrons. The van der Waals surface area contributed by atoms with Gasteiger partial charge in [-0.1, -0.05) is 35.4 Å². The van der Waals surface area contributed by atoms with Crippen LogP contribution in [0.15, 0.2) is 52.2 Å². The molecule has 0 saturated heterocycles. The number of hydrogen-bond donors (Lipinski definition) is 0. The monoisotopic (exact) mass is 456 g/mol. The minimum absolute atomic E-state index is 0.0272. The van der Waals surface area contributed by atoms with E-state index in [0.29, 0.717) is 16.8 Å². The zero-order valence-corrected chi connectivity index (χ0v) is 19.3. The van der Waals surface area contributed by atoms with Crippen molar-refractivity contribution in [3.8, 4) is 11.4 Å². The minimum atomic E-state index is -4.36. The summed E-state index contributed by atoms with van der Waals surface area (Å²) in [7, 11) is -4.36. The summed E-state index contributed by atoms with van der Waals surface area (Å²) < 4.78 is 37.4. The second-order valence-electron chi connectivity index (χ2n) is 7.43. The summed E-state index contributed by atoms with van der Waals surface area (Å²) >= 11 is 0. The van der Waals surface area contributed by atoms with Crippen molar-refractivity contribution in [1.82, 2.24) is 9.78 Å². The van der Waals surface area contributed by atoms with Crippen molar-refractivity contribution in [1.29, 1.82) is 0 Å². The summed E-state index contributed by atoms with van der Waals surface area (Å²) in [5.74, 6) is -1.40. The van der Waals surface area contributed by atoms with E-state index < -0.39 is 33.1 Å². The minimum Gasteiger partial charge on any atom is -0.461 e. The van der Waals surface area contributed by atoms with E-state index in [1.165, 1.54) is 0 Å². The molecule has 0 spiro atoms. The fraction of sp³-hybridized carbons (Fsp3) is 0.261. The lowest BCUT2D eigenvalue weighted by molar-refractivity contribution is 0.0515. The molecule has 0 fully saturated rings. The molecule has 3 aromatic rings. The number of esters is 1. The van der Waals surface area contributed by atoms with Gasteiger partial charge < -0.3 is 8.92 Å². The highest BCUT2D eigenvalue weighted by Gasteiger charge is 2.27. The molecule has 0 amide bonds. The molecule has 0 unspecified atom stereocenters. The van der Waals surface area contributed by atoms with Crippen LogP contribution in [0.25, 0.3) is 5.69 Å². The van der Waals surface area contributed by atoms with Crippen molar-refractivity contribution >= 4 is 16.1 Å². The maximum absolute atomic E-state index is 13.1. The number of aromatic nitrogens is 2. The van der Waals surface area contributed by atoms with Crippen LogP contribution < -0.4 is 9.74 Å². The number of hydrogen-bond acceptors (Lipinski definition) is 7. The van der Waals surface area contributed by atoms with Crippen LogP contribution in [0.5, 0.6) is 5.75 Å². The summed E-state index contributed by atoms with van der Waals surface area (Å²) in [6.07, 6.45) is 0. The summed E-state index contributed by atoms with van der Waals surface area (Å²) in [4.78, 5) is 25.2. The smallest absolute Gasteiger partial charge is 0.362 e. The van der Waals surface area contributed by atoms with Gasteiger partial charge in [-0.2, -0.15) is 18.2 Å². The fourth-order valence-corrected chi connectivity index (χ4v) is 4.79. The Morgan fingerprint density at radius 3 is 2.12 bits per heavy atom. The third-order valence-corrected chi connectivity index (χ3v) is 6.24. The van der Waals surface area contributed by atoms with E-state index in [2.05, 4.69) is 5.10 Å². The number of rotatable bonds is 6. The standard InChI is InChI=1S/C23H24N2O6S/c1-6-30-23(27)21-19(13-20(26)25(24-21)18-9-7-14(2)8-10-18)31-32(28,29)22-16(4)11-15(3)12-17(22)5/h7-13H,6H2,1-5H3. The number of benzene rings is 2. The molecule has 9 heteroatoms. The quantitative estimate of drug-likeness (QED) is 0.413. The molecule has 3 rings (SSSR count). The van der Waals surface area contributed by atoms with Crippen molar-refractivity contribution in [2.45, 2.75) is 39.5 Å². The highest BCUT2D eigenvalue weighted by atomic mass is 32.2. The number of aryl methyl sites for hydroxylation is 4. The maximum atomic E-state index is 13.1. The zero-order chi connectivity index (χ0) is 23.6. The van der Waals surface area contributed by atoms with E-state index in [1.807, 2.05) is 13.8 Å². The van der Waals surface area contributed by atoms with Crippen molar-refractivity contribution < 1.29 is 22.1 Å². The molecule has 0 saturated carbocycles. The van der Waals surface area contributed by atoms with Gasteiger partial charge in [-0.15, -0.1) is 0 Å². The third-order valence-electron chi connectivity index (χ3n) is 4.70. The van der Waals surface area contributed by atoms with Crippen LogP contribution in [0, 0.1) is 27.7 Å². The second-order valence-corrected chi connectivity index (χ2v) is 8.91. The lowest BCUT2D eigenvalue weighted by Crippen LogP contribution is -2.26. The van der Waals surface area contributed by atoms with Crippen molar-refractivity contribution in [2.24, 2.45) is 0 Å². The molecule has 0 atom stereocenters. The molecule has 32 heavy (non-hydrogen) atoms. The second kappa shape index (κ2) is 8.96. The van der Waals surface area contributed by atoms with Crippen LogP contribution in [0.2, 0.25) is 0 Å². The van der Waals surface area contributed by atoms with E-state index in [4.69, 9.17) is 8.92 Å². The molecular weight excluding hydrogens is 432 g/mol. The Bertz CT molecular complexity index is 1320. The van der Waals surface area contributed by atoms with Crippen LogP contribution in [0.3, 0.4) is 0 Å². The van der Waals surface area contributed by atoms with Crippen LogP contribution in [-0.4, -0.2) is 30.8 Å². The Balaban J connectivity index is 2.15. The molecule has 0 aliphatic heterocycles. The van der Waals surface area contributed by atoms with Gasteiger partial charge in [0.25, 0.3) is 5.56 Å². The molecule has 8 nitrogen and oxygen atoms in total. The molecule has 0 N–H and O–H groups in total. The predicted molar refractivity (Wildman–Crippen MR) is 119 cm³/mol. The Labute approximate surface area is 186 Å². The van der Waals surface area contributed by atoms with Crippen molar-refractivity contribution in [3.63, 3.8) is 0 Å². The van der Waals surface area contributed by atoms with Gasteiger partial charge in [-0.25, -0.2) is 4.79 Å². The average Bonchev–Trinajstić information content (AvgIpc) is 2.67. The lowest BCUT2D eigenvalue weighted by Gasteiger charge is -2.15. The van der Waals surface area contributed by atoms with Crippen LogP contribution >= 0.6 is 0 Å². The number of carbonyl (C=O) groups is 1. The Morgan fingerprint density at radius 2 is 1.56 bits per heavy atom. The number of ether oxygens (including phenoxy) is 1. The van der Waals surface area contributed by atoms with Crippen LogP contribution in [0.4, 0.5) is 0 Å². The van der Waals surface area contributed by atoms with Crippen molar-refractivity contribution in [3.05, 3.63) is 80.8 Å². The first-order valence-electron chi connectivity index (χ1n) is 9.94. The van der Waals surface area contributed by atoms with E-state index in [1.54, 1.807) is 57.2 Å². The summed E-state index contributed by atoms with van der Waals surface area (Å²) in [6, 6.07) is 11.2. The molecule has 1 heterocycles.